The fourth-order valence-corrected chi connectivity index (χ4v) is 22.7. The van der Waals surface area contributed by atoms with Gasteiger partial charge in [-0.2, -0.15) is 50.4 Å². The molecule has 0 saturated heterocycles. The van der Waals surface area contributed by atoms with Crippen LogP contribution in [0.25, 0.3) is 0 Å². The van der Waals surface area contributed by atoms with Gasteiger partial charge in [-0.15, -0.1) is 12.1 Å². The Morgan fingerprint density at radius 1 is 0.360 bits per heavy atom. The molecule has 2 aliphatic heterocycles. The van der Waals surface area contributed by atoms with Crippen molar-refractivity contribution in [3.8, 4) is 0 Å². The van der Waals surface area contributed by atoms with Crippen LogP contribution in [-0.4, -0.2) is 41.8 Å². The number of benzene rings is 6. The Kier molecular flexibility index (Phi) is 23.3. The summed E-state index contributed by atoms with van der Waals surface area (Å²) in [6, 6.07) is 52.2. The summed E-state index contributed by atoms with van der Waals surface area (Å²) in [5, 5.41) is 8.60. The third-order valence-electron chi connectivity index (χ3n) is 20.2. The number of nitrogens with zero attached hydrogens (tertiary/aromatic N) is 4. The summed E-state index contributed by atoms with van der Waals surface area (Å²) in [5.74, 6) is 6.26. The summed E-state index contributed by atoms with van der Waals surface area (Å²) >= 11 is 0. The van der Waals surface area contributed by atoms with Crippen LogP contribution in [-0.2, 0) is 40.8 Å². The summed E-state index contributed by atoms with van der Waals surface area (Å²) in [4.78, 5) is 9.93. The predicted octanol–water partition coefficient (Wildman–Crippen LogP) is 16.8. The van der Waals surface area contributed by atoms with E-state index in [-0.39, 0.29) is 66.8 Å². The zero-order chi connectivity index (χ0) is 57.6. The van der Waals surface area contributed by atoms with Crippen molar-refractivity contribution in [1.29, 1.82) is 0 Å². The second kappa shape index (κ2) is 28.8. The van der Waals surface area contributed by atoms with Crippen molar-refractivity contribution >= 4 is 47.7 Å². The van der Waals surface area contributed by atoms with E-state index >= 15 is 0 Å². The number of hydrogen-bond donors (Lipinski definition) is 0. The van der Waals surface area contributed by atoms with Gasteiger partial charge < -0.3 is 34.5 Å². The summed E-state index contributed by atoms with van der Waals surface area (Å²) in [6.45, 7) is 35.4. The first-order valence-electron chi connectivity index (χ1n) is 31.3. The second-order valence-electron chi connectivity index (χ2n) is 28.4. The molecule has 2 heterocycles. The van der Waals surface area contributed by atoms with Gasteiger partial charge in [0.25, 0.3) is 0 Å². The molecule has 8 aliphatic carbocycles. The molecule has 8 fully saturated rings. The molecule has 86 heavy (non-hydrogen) atoms. The molecule has 468 valence electrons. The SMILES string of the molecule is C1=CN(C23CC4CC(CC(C4)C2)C3)[CH-]N1C12CC3CC(CC(C3)C1)C2.CC(C)(C)N1C=CN(C(C)(C)C)[CH-]1.[CH2-]c1ccccc1[PH+](c1ccccc1C)c1ccccc1C.[CH2-]c1ccccc1[PH+](c1ccccc1C)c1ccccc1C.[CH3-].[CH3-].[Pd].[Pd]. The minimum Gasteiger partial charge on any atom is -0.504 e. The van der Waals surface area contributed by atoms with Crippen molar-refractivity contribution in [2.75, 3.05) is 0 Å². The summed E-state index contributed by atoms with van der Waals surface area (Å²) in [7, 11) is -2.06. The Balaban J connectivity index is 0.000000165. The standard InChI is InChI=1S/C23H33N2.2C21H20P.C11H21N2.2CH3.2Pd/c1-2-25(23-12-19-6-20(13-23)8-21(7-19)14-23)15-24(1)22-9-16-3-17(10-22)5-18(4-16)11-22;2*1-16-10-4-7-13-19(16)22(20-14-8-5-11-17(20)2)21-15-9-6-12-18(21)3;1-10(2,3)12-7-8-13(9-12)11(4,5)6;;;;/h1-2,15-21H,3-14H2;2*4-15H,1H2,2-3H3;7-9H,1-6H3;2*1H3;;/q6*-1;;/p+2. The van der Waals surface area contributed by atoms with Crippen LogP contribution in [0.2, 0.25) is 0 Å². The van der Waals surface area contributed by atoms with E-state index in [0.29, 0.717) is 11.1 Å². The van der Waals surface area contributed by atoms with E-state index < -0.39 is 15.8 Å². The van der Waals surface area contributed by atoms with Crippen LogP contribution < -0.4 is 31.8 Å². The van der Waals surface area contributed by atoms with Crippen LogP contribution in [0.15, 0.2) is 170 Å². The monoisotopic (exact) mass is 1370 g/mol. The van der Waals surface area contributed by atoms with Crippen LogP contribution in [0, 0.1) is 105 Å². The van der Waals surface area contributed by atoms with Gasteiger partial charge in [-0.3, -0.25) is 0 Å². The Morgan fingerprint density at radius 3 is 0.814 bits per heavy atom. The molecule has 8 bridgehead atoms. The molecule has 4 nitrogen and oxygen atoms in total. The van der Waals surface area contributed by atoms with Crippen LogP contribution in [0.5, 0.6) is 0 Å². The van der Waals surface area contributed by atoms with Crippen LogP contribution in [0.3, 0.4) is 0 Å². The van der Waals surface area contributed by atoms with Crippen LogP contribution >= 0.6 is 15.8 Å². The molecular formula is C78H102N4P2Pd2-4. The normalized spacial score (nSPS) is 25.2. The molecule has 0 spiro atoms. The summed E-state index contributed by atoms with van der Waals surface area (Å²) in [5.41, 5.74) is 9.10. The molecule has 10 aliphatic rings. The van der Waals surface area contributed by atoms with Gasteiger partial charge in [-0.25, -0.2) is 0 Å². The fraction of sp³-hybridized carbons (Fsp3) is 0.410. The number of hydrogen-bond acceptors (Lipinski definition) is 4. The predicted molar refractivity (Wildman–Crippen MR) is 369 cm³/mol. The molecular weight excluding hydrogens is 1270 g/mol. The first kappa shape index (κ1) is 69.4. The first-order chi connectivity index (χ1) is 39.3. The Hall–Kier alpha value is -4.08. The minimum atomic E-state index is -1.03. The van der Waals surface area contributed by atoms with E-state index in [1.165, 1.54) is 92.6 Å². The number of rotatable bonds is 8. The van der Waals surface area contributed by atoms with E-state index in [1.54, 1.807) is 38.5 Å². The van der Waals surface area contributed by atoms with Crippen molar-refractivity contribution in [1.82, 2.24) is 19.6 Å². The summed E-state index contributed by atoms with van der Waals surface area (Å²) < 4.78 is 0. The van der Waals surface area contributed by atoms with E-state index in [9.17, 15) is 0 Å². The zero-order valence-corrected chi connectivity index (χ0v) is 59.2. The molecule has 0 unspecified atom stereocenters. The maximum Gasteiger partial charge on any atom is 0.0937 e. The molecule has 0 atom stereocenters. The van der Waals surface area contributed by atoms with Crippen molar-refractivity contribution in [3.05, 3.63) is 246 Å². The Labute approximate surface area is 553 Å². The third-order valence-corrected chi connectivity index (χ3v) is 26.6. The Bertz CT molecular complexity index is 2740. The van der Waals surface area contributed by atoms with E-state index in [0.717, 1.165) is 46.6 Å². The molecule has 0 aromatic heterocycles. The van der Waals surface area contributed by atoms with E-state index in [2.05, 4.69) is 286 Å². The number of aryl methyl sites for hydroxylation is 4. The maximum atomic E-state index is 4.28. The third kappa shape index (κ3) is 15.0. The van der Waals surface area contributed by atoms with Crippen molar-refractivity contribution in [2.45, 2.75) is 168 Å². The van der Waals surface area contributed by atoms with Gasteiger partial charge in [0.2, 0.25) is 0 Å². The average molecular weight is 1370 g/mol. The van der Waals surface area contributed by atoms with Crippen molar-refractivity contribution in [2.24, 2.45) is 35.5 Å². The van der Waals surface area contributed by atoms with Crippen molar-refractivity contribution in [3.63, 3.8) is 0 Å². The molecule has 0 radical (unpaired) electrons. The topological polar surface area (TPSA) is 13.0 Å². The van der Waals surface area contributed by atoms with Gasteiger partial charge in [-0.1, -0.05) is 97.1 Å². The van der Waals surface area contributed by atoms with Gasteiger partial charge in [0, 0.05) is 73.6 Å². The molecule has 6 aromatic rings. The maximum absolute atomic E-state index is 4.28. The average Bonchev–Trinajstić information content (AvgIpc) is 3.06. The van der Waals surface area contributed by atoms with Gasteiger partial charge in [0.15, 0.2) is 0 Å². The second-order valence-corrected chi connectivity index (χ2v) is 33.1. The molecule has 6 aromatic carbocycles. The van der Waals surface area contributed by atoms with E-state index in [1.807, 2.05) is 0 Å². The minimum absolute atomic E-state index is 0. The quantitative estimate of drug-likeness (QED) is 0.0855. The first-order valence-corrected chi connectivity index (χ1v) is 34.3. The van der Waals surface area contributed by atoms with Gasteiger partial charge in [0.05, 0.1) is 37.1 Å². The Morgan fingerprint density at radius 2 is 0.593 bits per heavy atom. The van der Waals surface area contributed by atoms with Crippen LogP contribution in [0.4, 0.5) is 0 Å². The zero-order valence-electron chi connectivity index (χ0n) is 54.1. The van der Waals surface area contributed by atoms with Gasteiger partial charge in [-0.05, 0) is 253 Å². The summed E-state index contributed by atoms with van der Waals surface area (Å²) in [6.07, 6.45) is 27.4. The molecule has 0 amide bonds. The fourth-order valence-electron chi connectivity index (χ4n) is 16.6. The van der Waals surface area contributed by atoms with Crippen LogP contribution in [0.1, 0.15) is 152 Å². The van der Waals surface area contributed by atoms with Gasteiger partial charge >= 0.3 is 0 Å². The van der Waals surface area contributed by atoms with Crippen molar-refractivity contribution < 1.29 is 40.8 Å². The molecule has 16 rings (SSSR count). The van der Waals surface area contributed by atoms with E-state index in [4.69, 9.17) is 0 Å². The smallest absolute Gasteiger partial charge is 0.0937 e. The largest absolute Gasteiger partial charge is 0.504 e. The molecule has 8 saturated carbocycles. The van der Waals surface area contributed by atoms with Gasteiger partial charge in [0.1, 0.15) is 0 Å². The molecule has 8 heteroatoms. The molecule has 0 N–H and O–H groups in total.